The zero-order chi connectivity index (χ0) is 13.1. The van der Waals surface area contributed by atoms with E-state index in [4.69, 9.17) is 0 Å². The Morgan fingerprint density at radius 1 is 1.06 bits per heavy atom. The Morgan fingerprint density at radius 2 is 1.78 bits per heavy atom. The van der Waals surface area contributed by atoms with Gasteiger partial charge in [-0.1, -0.05) is 40.0 Å². The summed E-state index contributed by atoms with van der Waals surface area (Å²) in [7, 11) is 0. The van der Waals surface area contributed by atoms with E-state index < -0.39 is 0 Å². The third-order valence-electron chi connectivity index (χ3n) is 4.67. The van der Waals surface area contributed by atoms with Crippen LogP contribution in [0.3, 0.4) is 0 Å². The van der Waals surface area contributed by atoms with Gasteiger partial charge in [0, 0.05) is 12.1 Å². The molecule has 2 aliphatic rings. The maximum absolute atomic E-state index is 3.88. The lowest BCUT2D eigenvalue weighted by atomic mass is 9.81. The predicted octanol–water partition coefficient (Wildman–Crippen LogP) is 3.42. The minimum Gasteiger partial charge on any atom is -0.310 e. The number of nitrogens with one attached hydrogen (secondary N) is 1. The quantitative estimate of drug-likeness (QED) is 0.810. The van der Waals surface area contributed by atoms with Crippen LogP contribution in [0, 0.1) is 5.41 Å². The van der Waals surface area contributed by atoms with Crippen molar-refractivity contribution in [2.24, 2.45) is 5.41 Å². The molecule has 1 saturated carbocycles. The van der Waals surface area contributed by atoms with Crippen LogP contribution in [-0.4, -0.2) is 36.6 Å². The van der Waals surface area contributed by atoms with E-state index in [2.05, 4.69) is 31.0 Å². The molecule has 2 heteroatoms. The average Bonchev–Trinajstić information content (AvgIpc) is 2.50. The van der Waals surface area contributed by atoms with Gasteiger partial charge in [0.05, 0.1) is 0 Å². The van der Waals surface area contributed by atoms with Crippen molar-refractivity contribution in [1.82, 2.24) is 10.2 Å². The Bertz CT molecular complexity index is 248. The molecule has 0 unspecified atom stereocenters. The molecule has 0 aromatic heterocycles. The second-order valence-corrected chi connectivity index (χ2v) is 7.71. The molecule has 1 N–H and O–H groups in total. The third-order valence-corrected chi connectivity index (χ3v) is 4.67. The van der Waals surface area contributed by atoms with Crippen LogP contribution in [-0.2, 0) is 0 Å². The lowest BCUT2D eigenvalue weighted by molar-refractivity contribution is 0.151. The van der Waals surface area contributed by atoms with Crippen LogP contribution in [0.2, 0.25) is 0 Å². The molecule has 0 aromatic rings. The highest BCUT2D eigenvalue weighted by Gasteiger charge is 2.34. The van der Waals surface area contributed by atoms with Gasteiger partial charge in [-0.3, -0.25) is 0 Å². The fourth-order valence-electron chi connectivity index (χ4n) is 3.47. The van der Waals surface area contributed by atoms with Crippen molar-refractivity contribution in [3.63, 3.8) is 0 Å². The smallest absolute Gasteiger partial charge is 0.0308 e. The second kappa shape index (κ2) is 5.92. The summed E-state index contributed by atoms with van der Waals surface area (Å²) in [5.41, 5.74) is 0.937. The maximum Gasteiger partial charge on any atom is 0.0308 e. The van der Waals surface area contributed by atoms with E-state index in [9.17, 15) is 0 Å². The number of rotatable bonds is 2. The van der Waals surface area contributed by atoms with Gasteiger partial charge >= 0.3 is 0 Å². The van der Waals surface area contributed by atoms with Crippen molar-refractivity contribution in [3.05, 3.63) is 0 Å². The molecule has 2 rings (SSSR count). The van der Waals surface area contributed by atoms with Crippen LogP contribution in [0.1, 0.15) is 65.7 Å². The monoisotopic (exact) mass is 252 g/mol. The average molecular weight is 252 g/mol. The van der Waals surface area contributed by atoms with Crippen molar-refractivity contribution >= 4 is 0 Å². The number of hydrogen-bond acceptors (Lipinski definition) is 2. The molecule has 0 bridgehead atoms. The Morgan fingerprint density at radius 3 is 2.44 bits per heavy atom. The van der Waals surface area contributed by atoms with E-state index in [-0.39, 0.29) is 0 Å². The molecule has 0 aromatic carbocycles. The molecule has 2 fully saturated rings. The summed E-state index contributed by atoms with van der Waals surface area (Å²) < 4.78 is 0. The summed E-state index contributed by atoms with van der Waals surface area (Å²) in [6.07, 6.45) is 9.76. The minimum absolute atomic E-state index is 0.465. The zero-order valence-corrected chi connectivity index (χ0v) is 12.7. The zero-order valence-electron chi connectivity index (χ0n) is 12.7. The lowest BCUT2D eigenvalue weighted by Crippen LogP contribution is -2.52. The van der Waals surface area contributed by atoms with Gasteiger partial charge in [-0.2, -0.15) is 0 Å². The Hall–Kier alpha value is -0.0800. The van der Waals surface area contributed by atoms with Gasteiger partial charge in [0.15, 0.2) is 0 Å². The van der Waals surface area contributed by atoms with Gasteiger partial charge in [-0.05, 0) is 50.7 Å². The van der Waals surface area contributed by atoms with Crippen molar-refractivity contribution in [2.75, 3.05) is 26.2 Å². The second-order valence-electron chi connectivity index (χ2n) is 7.71. The molecular weight excluding hydrogens is 220 g/mol. The van der Waals surface area contributed by atoms with Crippen LogP contribution in [0.4, 0.5) is 0 Å². The molecule has 106 valence electrons. The van der Waals surface area contributed by atoms with Crippen LogP contribution in [0.5, 0.6) is 0 Å². The van der Waals surface area contributed by atoms with Gasteiger partial charge in [-0.15, -0.1) is 0 Å². The van der Waals surface area contributed by atoms with Crippen LogP contribution in [0.25, 0.3) is 0 Å². The summed E-state index contributed by atoms with van der Waals surface area (Å²) >= 11 is 0. The SMILES string of the molecule is CC(C)(C)CCN1CCCNC2(CCCCC2)C1. The normalized spacial score (nSPS) is 26.2. The molecule has 0 radical (unpaired) electrons. The standard InChI is InChI=1S/C16H32N2/c1-15(2,3)10-13-18-12-7-11-17-16(14-18)8-5-4-6-9-16/h17H,4-14H2,1-3H3. The van der Waals surface area contributed by atoms with Gasteiger partial charge in [0.2, 0.25) is 0 Å². The molecule has 1 heterocycles. The minimum atomic E-state index is 0.465. The topological polar surface area (TPSA) is 15.3 Å². The Kier molecular flexibility index (Phi) is 4.71. The van der Waals surface area contributed by atoms with E-state index in [1.54, 1.807) is 0 Å². The van der Waals surface area contributed by atoms with Crippen molar-refractivity contribution in [2.45, 2.75) is 71.3 Å². The van der Waals surface area contributed by atoms with Gasteiger partial charge in [0.25, 0.3) is 0 Å². The van der Waals surface area contributed by atoms with Crippen LogP contribution < -0.4 is 5.32 Å². The van der Waals surface area contributed by atoms with E-state index >= 15 is 0 Å². The summed E-state index contributed by atoms with van der Waals surface area (Å²) in [6.45, 7) is 12.2. The molecule has 2 nitrogen and oxygen atoms in total. The first-order valence-electron chi connectivity index (χ1n) is 7.97. The molecule has 0 atom stereocenters. The first kappa shape index (κ1) is 14.3. The molecule has 18 heavy (non-hydrogen) atoms. The highest BCUT2D eigenvalue weighted by molar-refractivity contribution is 4.95. The maximum atomic E-state index is 3.88. The van der Waals surface area contributed by atoms with Crippen molar-refractivity contribution in [3.8, 4) is 0 Å². The van der Waals surface area contributed by atoms with Crippen LogP contribution >= 0.6 is 0 Å². The fourth-order valence-corrected chi connectivity index (χ4v) is 3.47. The predicted molar refractivity (Wildman–Crippen MR) is 78.9 cm³/mol. The first-order valence-corrected chi connectivity index (χ1v) is 7.97. The third kappa shape index (κ3) is 4.24. The van der Waals surface area contributed by atoms with Crippen molar-refractivity contribution < 1.29 is 0 Å². The van der Waals surface area contributed by atoms with Crippen molar-refractivity contribution in [1.29, 1.82) is 0 Å². The van der Waals surface area contributed by atoms with Crippen LogP contribution in [0.15, 0.2) is 0 Å². The molecular formula is C16H32N2. The largest absolute Gasteiger partial charge is 0.310 e. The number of hydrogen-bond donors (Lipinski definition) is 1. The summed E-state index contributed by atoms with van der Waals surface area (Å²) in [4.78, 5) is 2.73. The fraction of sp³-hybridized carbons (Fsp3) is 1.00. The van der Waals surface area contributed by atoms with Gasteiger partial charge in [0.1, 0.15) is 0 Å². The summed E-state index contributed by atoms with van der Waals surface area (Å²) in [5, 5.41) is 3.88. The lowest BCUT2D eigenvalue weighted by Gasteiger charge is -2.40. The van der Waals surface area contributed by atoms with E-state index in [0.717, 1.165) is 0 Å². The van der Waals surface area contributed by atoms with E-state index in [1.165, 1.54) is 71.1 Å². The highest BCUT2D eigenvalue weighted by Crippen LogP contribution is 2.31. The highest BCUT2D eigenvalue weighted by atomic mass is 15.2. The van der Waals surface area contributed by atoms with Gasteiger partial charge < -0.3 is 10.2 Å². The van der Waals surface area contributed by atoms with Gasteiger partial charge in [-0.25, -0.2) is 0 Å². The Labute approximate surface area is 114 Å². The molecule has 1 spiro atoms. The molecule has 1 saturated heterocycles. The van der Waals surface area contributed by atoms with E-state index in [1.807, 2.05) is 0 Å². The van der Waals surface area contributed by atoms with E-state index in [0.29, 0.717) is 11.0 Å². The molecule has 1 aliphatic carbocycles. The summed E-state index contributed by atoms with van der Waals surface area (Å²) in [6, 6.07) is 0. The summed E-state index contributed by atoms with van der Waals surface area (Å²) in [5.74, 6) is 0. The number of nitrogens with zero attached hydrogens (tertiary/aromatic N) is 1. The first-order chi connectivity index (χ1) is 8.49. The Balaban J connectivity index is 1.90. The molecule has 1 aliphatic heterocycles. The molecule has 0 amide bonds.